The van der Waals surface area contributed by atoms with Crippen LogP contribution in [0.3, 0.4) is 0 Å². The second-order valence-corrected chi connectivity index (χ2v) is 7.69. The minimum absolute atomic E-state index is 0.0241. The van der Waals surface area contributed by atoms with Gasteiger partial charge in [-0.2, -0.15) is 13.2 Å². The van der Waals surface area contributed by atoms with E-state index in [1.165, 1.54) is 12.1 Å². The molecule has 0 fully saturated rings. The number of amides is 1. The SMILES string of the molecule is CC(C)(CNC(=O)c1nnn(-c2cccc(F)c2)c1C(F)(F)F)c1cccc(Cl)c1. The largest absolute Gasteiger partial charge is 0.435 e. The first kappa shape index (κ1) is 21.8. The van der Waals surface area contributed by atoms with Crippen LogP contribution in [-0.4, -0.2) is 27.4 Å². The van der Waals surface area contributed by atoms with E-state index in [2.05, 4.69) is 15.6 Å². The molecule has 0 aliphatic rings. The highest BCUT2D eigenvalue weighted by Gasteiger charge is 2.42. The Balaban J connectivity index is 1.89. The molecular weight excluding hydrogens is 424 g/mol. The van der Waals surface area contributed by atoms with Crippen LogP contribution in [0.25, 0.3) is 5.69 Å². The predicted octanol–water partition coefficient (Wildman–Crippen LogP) is 4.79. The van der Waals surface area contributed by atoms with Crippen molar-refractivity contribution in [2.24, 2.45) is 0 Å². The molecule has 30 heavy (non-hydrogen) atoms. The summed E-state index contributed by atoms with van der Waals surface area (Å²) in [5.74, 6) is -1.79. The summed E-state index contributed by atoms with van der Waals surface area (Å²) in [7, 11) is 0. The van der Waals surface area contributed by atoms with E-state index in [9.17, 15) is 22.4 Å². The molecule has 1 heterocycles. The molecule has 0 atom stereocenters. The number of hydrogen-bond donors (Lipinski definition) is 1. The maximum absolute atomic E-state index is 13.7. The minimum atomic E-state index is -4.94. The highest BCUT2D eigenvalue weighted by atomic mass is 35.5. The number of alkyl halides is 3. The average Bonchev–Trinajstić information content (AvgIpc) is 3.12. The molecule has 0 radical (unpaired) electrons. The molecule has 0 aliphatic heterocycles. The van der Waals surface area contributed by atoms with Gasteiger partial charge >= 0.3 is 6.18 Å². The maximum atomic E-state index is 13.7. The second-order valence-electron chi connectivity index (χ2n) is 7.25. The van der Waals surface area contributed by atoms with Crippen molar-refractivity contribution >= 4 is 17.5 Å². The number of hydrogen-bond acceptors (Lipinski definition) is 3. The zero-order chi connectivity index (χ0) is 22.1. The molecule has 0 spiro atoms. The van der Waals surface area contributed by atoms with Crippen molar-refractivity contribution in [1.29, 1.82) is 0 Å². The lowest BCUT2D eigenvalue weighted by Crippen LogP contribution is -2.37. The Labute approximate surface area is 174 Å². The Morgan fingerprint density at radius 1 is 1.13 bits per heavy atom. The lowest BCUT2D eigenvalue weighted by Gasteiger charge is -2.25. The molecule has 5 nitrogen and oxygen atoms in total. The van der Waals surface area contributed by atoms with E-state index in [4.69, 9.17) is 11.6 Å². The summed E-state index contributed by atoms with van der Waals surface area (Å²) >= 11 is 5.99. The molecule has 10 heteroatoms. The van der Waals surface area contributed by atoms with Crippen LogP contribution in [-0.2, 0) is 11.6 Å². The van der Waals surface area contributed by atoms with Crippen molar-refractivity contribution < 1.29 is 22.4 Å². The van der Waals surface area contributed by atoms with Gasteiger partial charge in [-0.15, -0.1) is 5.10 Å². The van der Waals surface area contributed by atoms with Crippen molar-refractivity contribution in [3.05, 3.63) is 76.3 Å². The summed E-state index contributed by atoms with van der Waals surface area (Å²) in [6.07, 6.45) is -4.94. The Hall–Kier alpha value is -2.94. The molecule has 0 bridgehead atoms. The quantitative estimate of drug-likeness (QED) is 0.580. The molecule has 0 saturated heterocycles. The molecule has 0 saturated carbocycles. The van der Waals surface area contributed by atoms with Crippen LogP contribution in [0.1, 0.15) is 35.6 Å². The summed E-state index contributed by atoms with van der Waals surface area (Å²) in [4.78, 5) is 12.5. The first-order valence-corrected chi connectivity index (χ1v) is 9.20. The van der Waals surface area contributed by atoms with Gasteiger partial charge in [0.05, 0.1) is 5.69 Å². The third kappa shape index (κ3) is 4.62. The zero-order valence-corrected chi connectivity index (χ0v) is 16.7. The van der Waals surface area contributed by atoms with Crippen LogP contribution < -0.4 is 5.32 Å². The van der Waals surface area contributed by atoms with Crippen molar-refractivity contribution in [3.8, 4) is 5.69 Å². The lowest BCUT2D eigenvalue weighted by molar-refractivity contribution is -0.143. The third-order valence-electron chi connectivity index (χ3n) is 4.50. The molecule has 158 valence electrons. The monoisotopic (exact) mass is 440 g/mol. The normalized spacial score (nSPS) is 12.1. The number of nitrogens with one attached hydrogen (secondary N) is 1. The Morgan fingerprint density at radius 3 is 2.47 bits per heavy atom. The van der Waals surface area contributed by atoms with Crippen LogP contribution in [0.4, 0.5) is 17.6 Å². The van der Waals surface area contributed by atoms with Gasteiger partial charge < -0.3 is 5.32 Å². The summed E-state index contributed by atoms with van der Waals surface area (Å²) in [5, 5.41) is 9.82. The van der Waals surface area contributed by atoms with E-state index in [0.717, 1.165) is 17.7 Å². The van der Waals surface area contributed by atoms with Gasteiger partial charge in [0, 0.05) is 17.0 Å². The molecule has 3 aromatic rings. The van der Waals surface area contributed by atoms with Gasteiger partial charge in [0.25, 0.3) is 5.91 Å². The van der Waals surface area contributed by atoms with E-state index in [1.54, 1.807) is 24.3 Å². The summed E-state index contributed by atoms with van der Waals surface area (Å²) in [5.41, 5.74) is -2.29. The maximum Gasteiger partial charge on any atom is 0.435 e. The Kier molecular flexibility index (Phi) is 5.85. The van der Waals surface area contributed by atoms with Crippen LogP contribution in [0.2, 0.25) is 5.02 Å². The highest BCUT2D eigenvalue weighted by molar-refractivity contribution is 6.30. The number of carbonyl (C=O) groups is 1. The van der Waals surface area contributed by atoms with E-state index in [-0.39, 0.29) is 12.2 Å². The smallest absolute Gasteiger partial charge is 0.350 e. The number of nitrogens with zero attached hydrogens (tertiary/aromatic N) is 3. The summed E-state index contributed by atoms with van der Waals surface area (Å²) in [6.45, 7) is 3.65. The minimum Gasteiger partial charge on any atom is -0.350 e. The topological polar surface area (TPSA) is 59.8 Å². The van der Waals surface area contributed by atoms with Gasteiger partial charge in [0.2, 0.25) is 0 Å². The third-order valence-corrected chi connectivity index (χ3v) is 4.74. The number of benzene rings is 2. The fraction of sp³-hybridized carbons (Fsp3) is 0.250. The Bertz CT molecular complexity index is 1080. The van der Waals surface area contributed by atoms with Gasteiger partial charge in [-0.3, -0.25) is 4.79 Å². The zero-order valence-electron chi connectivity index (χ0n) is 16.0. The average molecular weight is 441 g/mol. The molecule has 1 aromatic heterocycles. The molecule has 2 aromatic carbocycles. The molecule has 1 N–H and O–H groups in total. The van der Waals surface area contributed by atoms with E-state index >= 15 is 0 Å². The van der Waals surface area contributed by atoms with Crippen LogP contribution in [0.15, 0.2) is 48.5 Å². The number of halogens is 5. The number of carbonyl (C=O) groups excluding carboxylic acids is 1. The fourth-order valence-corrected chi connectivity index (χ4v) is 3.06. The first-order chi connectivity index (χ1) is 14.0. The van der Waals surface area contributed by atoms with E-state index in [1.807, 2.05) is 13.8 Å². The first-order valence-electron chi connectivity index (χ1n) is 8.82. The molecular formula is C20H17ClF4N4O. The fourth-order valence-electron chi connectivity index (χ4n) is 2.87. The molecule has 3 rings (SSSR count). The van der Waals surface area contributed by atoms with Crippen LogP contribution >= 0.6 is 11.6 Å². The van der Waals surface area contributed by atoms with Crippen molar-refractivity contribution in [1.82, 2.24) is 20.3 Å². The van der Waals surface area contributed by atoms with Crippen molar-refractivity contribution in [2.45, 2.75) is 25.4 Å². The summed E-state index contributed by atoms with van der Waals surface area (Å²) < 4.78 is 54.9. The lowest BCUT2D eigenvalue weighted by atomic mass is 9.84. The van der Waals surface area contributed by atoms with Crippen LogP contribution in [0.5, 0.6) is 0 Å². The van der Waals surface area contributed by atoms with Gasteiger partial charge in [-0.05, 0) is 35.9 Å². The second kappa shape index (κ2) is 8.06. The standard InChI is InChI=1S/C20H17ClF4N4O/c1-19(2,12-5-3-6-13(21)9-12)11-26-18(30)16-17(20(23,24)25)29(28-27-16)15-8-4-7-14(22)10-15/h3-10H,11H2,1-2H3,(H,26,30). The van der Waals surface area contributed by atoms with Gasteiger partial charge in [0.1, 0.15) is 5.82 Å². The molecule has 1 amide bonds. The number of aromatic nitrogens is 3. The number of rotatable bonds is 5. The summed E-state index contributed by atoms with van der Waals surface area (Å²) in [6, 6.07) is 11.4. The Morgan fingerprint density at radius 2 is 1.83 bits per heavy atom. The van der Waals surface area contributed by atoms with Gasteiger partial charge in [-0.1, -0.05) is 48.9 Å². The van der Waals surface area contributed by atoms with Crippen molar-refractivity contribution in [3.63, 3.8) is 0 Å². The molecule has 0 unspecified atom stereocenters. The van der Waals surface area contributed by atoms with Gasteiger partial charge in [0.15, 0.2) is 11.4 Å². The van der Waals surface area contributed by atoms with Gasteiger partial charge in [-0.25, -0.2) is 9.07 Å². The highest BCUT2D eigenvalue weighted by Crippen LogP contribution is 2.33. The van der Waals surface area contributed by atoms with Crippen molar-refractivity contribution in [2.75, 3.05) is 6.54 Å². The molecule has 0 aliphatic carbocycles. The van der Waals surface area contributed by atoms with E-state index in [0.29, 0.717) is 9.70 Å². The predicted molar refractivity (Wildman–Crippen MR) is 103 cm³/mol. The van der Waals surface area contributed by atoms with E-state index < -0.39 is 34.7 Å². The van der Waals surface area contributed by atoms with Crippen LogP contribution in [0, 0.1) is 5.82 Å².